The zero-order valence-electron chi connectivity index (χ0n) is 31.6. The average Bonchev–Trinajstić information content (AvgIpc) is 3.51. The number of esters is 1. The van der Waals surface area contributed by atoms with Gasteiger partial charge in [0.05, 0.1) is 18.1 Å². The molecule has 0 bridgehead atoms. The first kappa shape index (κ1) is 46.0. The molecule has 1 aromatic carbocycles. The molecule has 2 amide bonds. The van der Waals surface area contributed by atoms with E-state index in [9.17, 15) is 34.1 Å². The molecule has 21 nitrogen and oxygen atoms in total. The Morgan fingerprint density at radius 3 is 1.94 bits per heavy atom. The largest absolute Gasteiger partial charge is 0.514 e. The van der Waals surface area contributed by atoms with Crippen molar-refractivity contribution in [2.24, 2.45) is 4.99 Å². The summed E-state index contributed by atoms with van der Waals surface area (Å²) in [4.78, 5) is 81.5. The maximum atomic E-state index is 12.4. The first-order valence-electron chi connectivity index (χ1n) is 16.1. The van der Waals surface area contributed by atoms with Crippen molar-refractivity contribution in [3.63, 3.8) is 0 Å². The van der Waals surface area contributed by atoms with Crippen LogP contribution in [0.4, 0.5) is 24.9 Å². The van der Waals surface area contributed by atoms with E-state index < -0.39 is 70.9 Å². The van der Waals surface area contributed by atoms with Crippen LogP contribution >= 0.6 is 0 Å². The van der Waals surface area contributed by atoms with Crippen molar-refractivity contribution >= 4 is 48.4 Å². The number of likely N-dealkylation sites (N-methyl/N-ethyl adjacent to an activating group) is 1. The molecule has 2 aliphatic rings. The van der Waals surface area contributed by atoms with Crippen molar-refractivity contribution in [3.8, 4) is 5.75 Å². The minimum atomic E-state index is -1.22. The molecule has 3 unspecified atom stereocenters. The molecule has 3 rings (SSSR count). The summed E-state index contributed by atoms with van der Waals surface area (Å²) < 4.78 is 40.8. The molecule has 0 aromatic heterocycles. The van der Waals surface area contributed by atoms with Crippen LogP contribution in [0.3, 0.4) is 0 Å². The monoisotopic (exact) mass is 769 g/mol. The van der Waals surface area contributed by atoms with Crippen LogP contribution in [0.25, 0.3) is 0 Å². The number of nitro groups is 1. The Kier molecular flexibility index (Phi) is 18.3. The SMILES string of the molecule is CC=O.CN=C(NC(=O)OC(C)(C)C)NC(=O)OC(C)(C)C.CNC1CC=C(C(=O)OC)O[C@H]1C(OC(=O)Oc1ccc([N+](=O)[O-])cc1)C1COC(=O)O1. The number of cyclic esters (lactones) is 2. The number of non-ortho nitro benzene ring substituents is 1. The van der Waals surface area contributed by atoms with E-state index in [4.69, 9.17) is 38.0 Å². The van der Waals surface area contributed by atoms with Gasteiger partial charge in [-0.25, -0.2) is 24.0 Å². The Morgan fingerprint density at radius 1 is 1.00 bits per heavy atom. The maximum Gasteiger partial charge on any atom is 0.514 e. The fraction of sp³-hybridized carbons (Fsp3) is 0.545. The van der Waals surface area contributed by atoms with Gasteiger partial charge in [0.25, 0.3) is 5.69 Å². The quantitative estimate of drug-likeness (QED) is 0.0522. The number of amides is 2. The summed E-state index contributed by atoms with van der Waals surface area (Å²) >= 11 is 0. The van der Waals surface area contributed by atoms with E-state index in [0.29, 0.717) is 6.42 Å². The molecule has 54 heavy (non-hydrogen) atoms. The maximum absolute atomic E-state index is 12.4. The molecule has 0 aliphatic carbocycles. The summed E-state index contributed by atoms with van der Waals surface area (Å²) in [6, 6.07) is 4.32. The highest BCUT2D eigenvalue weighted by Crippen LogP contribution is 2.28. The molecule has 2 aliphatic heterocycles. The number of carbonyl (C=O) groups excluding carboxylic acids is 6. The van der Waals surface area contributed by atoms with Crippen molar-refractivity contribution in [2.75, 3.05) is 27.8 Å². The van der Waals surface area contributed by atoms with Gasteiger partial charge in [-0.05, 0) is 80.1 Å². The van der Waals surface area contributed by atoms with Gasteiger partial charge >= 0.3 is 30.5 Å². The number of rotatable bonds is 7. The molecule has 1 aromatic rings. The van der Waals surface area contributed by atoms with Crippen molar-refractivity contribution in [1.29, 1.82) is 0 Å². The summed E-state index contributed by atoms with van der Waals surface area (Å²) in [7, 11) is 4.25. The zero-order valence-corrected chi connectivity index (χ0v) is 31.6. The van der Waals surface area contributed by atoms with E-state index >= 15 is 0 Å². The molecule has 0 saturated carbocycles. The molecule has 4 atom stereocenters. The van der Waals surface area contributed by atoms with Gasteiger partial charge in [0, 0.05) is 19.2 Å². The van der Waals surface area contributed by atoms with Gasteiger partial charge in [-0.3, -0.25) is 25.7 Å². The van der Waals surface area contributed by atoms with E-state index in [1.165, 1.54) is 39.3 Å². The fourth-order valence-corrected chi connectivity index (χ4v) is 4.12. The number of aliphatic imine (C=N–C) groups is 1. The minimum absolute atomic E-state index is 0.0103. The molecular formula is C33H47N5O16. The number of nitro benzene ring substituents is 1. The Bertz CT molecular complexity index is 1500. The fourth-order valence-electron chi connectivity index (χ4n) is 4.12. The highest BCUT2D eigenvalue weighted by atomic mass is 16.8. The summed E-state index contributed by atoms with van der Waals surface area (Å²) in [5.74, 6) is -0.865. The zero-order chi connectivity index (χ0) is 41.2. The molecule has 0 spiro atoms. The number of nitrogens with zero attached hydrogens (tertiary/aromatic N) is 2. The third-order valence-electron chi connectivity index (χ3n) is 6.22. The van der Waals surface area contributed by atoms with Crippen LogP contribution < -0.4 is 20.7 Å². The standard InChI is InChI=1S/C19H20N2O11.C12H23N3O4.C2H4O/c1-20-12-7-8-13(17(22)27-2)30-15(12)16(14-9-28-18(23)31-14)32-19(24)29-11-5-3-10(4-6-11)21(25)26;1-11(2,3)18-9(16)14-8(13-7)15-10(17)19-12(4,5)6;1-2-3/h3-6,8,12,14-16,20H,7,9H2,1-2H3;1-7H3,(H2,13,14,15,16,17);2H,1H3/t12?,14?,15-,16?;;/m1../s1. The summed E-state index contributed by atoms with van der Waals surface area (Å²) in [6.07, 6.45) is -4.18. The number of hydrogen-bond acceptors (Lipinski definition) is 18. The lowest BCUT2D eigenvalue weighted by Gasteiger charge is -2.36. The highest BCUT2D eigenvalue weighted by Gasteiger charge is 2.47. The van der Waals surface area contributed by atoms with Crippen LogP contribution in [0, 0.1) is 10.1 Å². The number of ether oxygens (including phenoxy) is 8. The molecule has 1 fully saturated rings. The van der Waals surface area contributed by atoms with E-state index in [2.05, 4.69) is 25.7 Å². The molecule has 2 heterocycles. The van der Waals surface area contributed by atoms with Gasteiger partial charge < -0.3 is 48.0 Å². The van der Waals surface area contributed by atoms with E-state index in [1.807, 2.05) is 0 Å². The third kappa shape index (κ3) is 17.0. The Labute approximate surface area is 311 Å². The smallest absolute Gasteiger partial charge is 0.478 e. The molecule has 0 radical (unpaired) electrons. The number of alkyl carbamates (subject to hydrolysis) is 2. The van der Waals surface area contributed by atoms with Gasteiger partial charge in [-0.2, -0.15) is 0 Å². The van der Waals surface area contributed by atoms with Crippen molar-refractivity contribution < 1.29 is 71.6 Å². The van der Waals surface area contributed by atoms with Crippen molar-refractivity contribution in [1.82, 2.24) is 16.0 Å². The lowest BCUT2D eigenvalue weighted by atomic mass is 9.96. The average molecular weight is 770 g/mol. The third-order valence-corrected chi connectivity index (χ3v) is 6.22. The summed E-state index contributed by atoms with van der Waals surface area (Å²) in [6.45, 7) is 11.6. The van der Waals surface area contributed by atoms with Crippen LogP contribution in [-0.4, -0.2) is 111 Å². The van der Waals surface area contributed by atoms with Crippen LogP contribution in [0.1, 0.15) is 54.9 Å². The predicted molar refractivity (Wildman–Crippen MR) is 186 cm³/mol. The molecule has 3 N–H and O–H groups in total. The van der Waals surface area contributed by atoms with Gasteiger partial charge in [0.15, 0.2) is 18.3 Å². The van der Waals surface area contributed by atoms with Gasteiger partial charge in [0.2, 0.25) is 11.7 Å². The molecule has 300 valence electrons. The number of aldehydes is 1. The number of guanidine groups is 1. The first-order chi connectivity index (χ1) is 25.2. The Hall–Kier alpha value is -5.99. The van der Waals surface area contributed by atoms with Crippen molar-refractivity contribution in [3.05, 3.63) is 46.2 Å². The summed E-state index contributed by atoms with van der Waals surface area (Å²) in [5, 5.41) is 18.4. The molecule has 1 saturated heterocycles. The van der Waals surface area contributed by atoms with E-state index in [-0.39, 0.29) is 29.8 Å². The van der Waals surface area contributed by atoms with E-state index in [0.717, 1.165) is 18.4 Å². The summed E-state index contributed by atoms with van der Waals surface area (Å²) in [5.41, 5.74) is -1.45. The van der Waals surface area contributed by atoms with Crippen LogP contribution in [0.2, 0.25) is 0 Å². The van der Waals surface area contributed by atoms with Gasteiger partial charge in [0.1, 0.15) is 29.8 Å². The van der Waals surface area contributed by atoms with E-state index in [1.54, 1.807) is 48.6 Å². The molecular weight excluding hydrogens is 722 g/mol. The number of methoxy groups -OCH3 is 1. The number of hydrogen-bond donors (Lipinski definition) is 3. The van der Waals surface area contributed by atoms with Gasteiger partial charge in [-0.15, -0.1) is 0 Å². The first-order valence-corrected chi connectivity index (χ1v) is 16.1. The Morgan fingerprint density at radius 2 is 1.54 bits per heavy atom. The highest BCUT2D eigenvalue weighted by molar-refractivity contribution is 6.01. The second-order valence-electron chi connectivity index (χ2n) is 12.7. The van der Waals surface area contributed by atoms with Crippen LogP contribution in [0.5, 0.6) is 5.75 Å². The second-order valence-corrected chi connectivity index (χ2v) is 12.7. The minimum Gasteiger partial charge on any atom is -0.478 e. The van der Waals surface area contributed by atoms with Crippen LogP contribution in [-0.2, 0) is 42.7 Å². The van der Waals surface area contributed by atoms with Crippen LogP contribution in [0.15, 0.2) is 41.1 Å². The second kappa shape index (κ2) is 21.5. The lowest BCUT2D eigenvalue weighted by Crippen LogP contribution is -2.54. The lowest BCUT2D eigenvalue weighted by molar-refractivity contribution is -0.384. The Balaban J connectivity index is 0.000000567. The predicted octanol–water partition coefficient (Wildman–Crippen LogP) is 3.67. The number of nitrogens with one attached hydrogen (secondary N) is 3. The normalized spacial score (nSPS) is 17.9. The van der Waals surface area contributed by atoms with Gasteiger partial charge in [-0.1, -0.05) is 0 Å². The molecule has 21 heteroatoms. The number of benzene rings is 1. The number of carbonyl (C=O) groups is 6. The van der Waals surface area contributed by atoms with Crippen molar-refractivity contribution in [2.45, 2.75) is 90.4 Å². The topological polar surface area (TPSA) is 268 Å².